The molecule has 0 unspecified atom stereocenters. The summed E-state index contributed by atoms with van der Waals surface area (Å²) in [5, 5.41) is 0.854. The fourth-order valence-corrected chi connectivity index (χ4v) is 6.03. The fraction of sp³-hybridized carbons (Fsp3) is 0.632. The third-order valence-corrected chi connectivity index (χ3v) is 7.17. The number of benzene rings is 1. The molecule has 0 radical (unpaired) electrons. The first-order chi connectivity index (χ1) is 10.3. The first kappa shape index (κ1) is 14.6. The van der Waals surface area contributed by atoms with Crippen molar-refractivity contribution in [1.29, 1.82) is 0 Å². The minimum Gasteiger partial charge on any atom is -0.165 e. The zero-order chi connectivity index (χ0) is 15.8. The number of nitrogens with one attached hydrogen (secondary N) is 1. The van der Waals surface area contributed by atoms with Gasteiger partial charge in [0.05, 0.1) is 11.1 Å². The summed E-state index contributed by atoms with van der Waals surface area (Å²) in [6.07, 6.45) is 6.26. The van der Waals surface area contributed by atoms with Gasteiger partial charge in [-0.1, -0.05) is 31.9 Å². The Labute approximate surface area is 138 Å². The molecule has 3 heteroatoms. The number of hydrogen-bond donors (Lipinski definition) is 1. The second kappa shape index (κ2) is 4.29. The van der Waals surface area contributed by atoms with Crippen LogP contribution in [0.5, 0.6) is 0 Å². The molecule has 2 atom stereocenters. The lowest BCUT2D eigenvalue weighted by atomic mass is 9.48. The summed E-state index contributed by atoms with van der Waals surface area (Å²) in [5.41, 5.74) is 8.46. The van der Waals surface area contributed by atoms with Crippen LogP contribution in [0.4, 0.5) is 5.69 Å². The quantitative estimate of drug-likeness (QED) is 0.654. The summed E-state index contributed by atoms with van der Waals surface area (Å²) in [4.78, 5) is 0. The standard InChI is InChI=1S/C19H26ClN2/c1-13-8-11-19-17(2,3)9-5-10-18(19,4)15-12-14(20)6-7-16(15)21-22(13)19/h6-7,12,21H,5,8-11H2,1-4H3/q+1/t18-,19-/m0/s1. The van der Waals surface area contributed by atoms with Gasteiger partial charge < -0.3 is 0 Å². The Kier molecular flexibility index (Phi) is 2.84. The lowest BCUT2D eigenvalue weighted by molar-refractivity contribution is -0.616. The van der Waals surface area contributed by atoms with Crippen LogP contribution in [0.15, 0.2) is 18.2 Å². The number of fused-ring (bicyclic) bond motifs is 2. The second-order valence-electron chi connectivity index (χ2n) is 8.30. The predicted molar refractivity (Wildman–Crippen MR) is 93.0 cm³/mol. The number of anilines is 1. The zero-order valence-electron chi connectivity index (χ0n) is 14.1. The van der Waals surface area contributed by atoms with Crippen LogP contribution in [0.2, 0.25) is 5.02 Å². The molecule has 2 nitrogen and oxygen atoms in total. The second-order valence-corrected chi connectivity index (χ2v) is 8.74. The van der Waals surface area contributed by atoms with E-state index in [-0.39, 0.29) is 16.4 Å². The summed E-state index contributed by atoms with van der Waals surface area (Å²) < 4.78 is 2.53. The molecule has 0 saturated heterocycles. The van der Waals surface area contributed by atoms with Crippen LogP contribution in [0.3, 0.4) is 0 Å². The van der Waals surface area contributed by atoms with Gasteiger partial charge >= 0.3 is 0 Å². The average molecular weight is 318 g/mol. The van der Waals surface area contributed by atoms with Crippen LogP contribution in [-0.4, -0.2) is 15.9 Å². The van der Waals surface area contributed by atoms with Gasteiger partial charge in [-0.25, -0.2) is 0 Å². The molecule has 1 aromatic carbocycles. The van der Waals surface area contributed by atoms with E-state index >= 15 is 0 Å². The highest BCUT2D eigenvalue weighted by Gasteiger charge is 2.72. The van der Waals surface area contributed by atoms with Crippen LogP contribution >= 0.6 is 11.6 Å². The van der Waals surface area contributed by atoms with Crippen molar-refractivity contribution < 1.29 is 4.68 Å². The number of hydrazine groups is 1. The molecule has 2 aliphatic heterocycles. The summed E-state index contributed by atoms with van der Waals surface area (Å²) in [5.74, 6) is 0. The molecule has 0 bridgehead atoms. The van der Waals surface area contributed by atoms with Crippen molar-refractivity contribution in [2.75, 3.05) is 5.43 Å². The summed E-state index contributed by atoms with van der Waals surface area (Å²) in [6.45, 7) is 9.70. The van der Waals surface area contributed by atoms with Gasteiger partial charge in [-0.15, -0.1) is 4.68 Å². The van der Waals surface area contributed by atoms with E-state index in [1.807, 2.05) is 6.07 Å². The molecule has 1 fully saturated rings. The maximum absolute atomic E-state index is 6.36. The molecule has 22 heavy (non-hydrogen) atoms. The Morgan fingerprint density at radius 1 is 1.14 bits per heavy atom. The number of hydrogen-bond acceptors (Lipinski definition) is 1. The van der Waals surface area contributed by atoms with Gasteiger partial charge in [0.2, 0.25) is 5.54 Å². The lowest BCUT2D eigenvalue weighted by Crippen LogP contribution is -2.69. The van der Waals surface area contributed by atoms with E-state index in [9.17, 15) is 0 Å². The summed E-state index contributed by atoms with van der Waals surface area (Å²) in [7, 11) is 0. The molecule has 2 heterocycles. The largest absolute Gasteiger partial charge is 0.205 e. The predicted octanol–water partition coefficient (Wildman–Crippen LogP) is 5.15. The fourth-order valence-electron chi connectivity index (χ4n) is 5.86. The van der Waals surface area contributed by atoms with Crippen LogP contribution < -0.4 is 5.43 Å². The maximum Gasteiger partial charge on any atom is 0.205 e. The molecule has 3 aliphatic rings. The van der Waals surface area contributed by atoms with Gasteiger partial charge in [0.1, 0.15) is 0 Å². The molecule has 1 aromatic rings. The number of rotatable bonds is 0. The normalized spacial score (nSPS) is 35.5. The lowest BCUT2D eigenvalue weighted by Gasteiger charge is -2.57. The van der Waals surface area contributed by atoms with Crippen molar-refractivity contribution in [3.63, 3.8) is 0 Å². The maximum atomic E-state index is 6.36. The van der Waals surface area contributed by atoms with Crippen LogP contribution in [-0.2, 0) is 5.41 Å². The Morgan fingerprint density at radius 3 is 2.68 bits per heavy atom. The van der Waals surface area contributed by atoms with Gasteiger partial charge in [-0.3, -0.25) is 0 Å². The van der Waals surface area contributed by atoms with Crippen molar-refractivity contribution in [3.8, 4) is 0 Å². The van der Waals surface area contributed by atoms with Gasteiger partial charge in [0, 0.05) is 30.2 Å². The number of hydrazone groups is 1. The summed E-state index contributed by atoms with van der Waals surface area (Å²) >= 11 is 6.36. The highest BCUT2D eigenvalue weighted by Crippen LogP contribution is 2.63. The number of nitrogens with zero attached hydrogens (tertiary/aromatic N) is 1. The van der Waals surface area contributed by atoms with E-state index < -0.39 is 0 Å². The highest BCUT2D eigenvalue weighted by atomic mass is 35.5. The van der Waals surface area contributed by atoms with Crippen molar-refractivity contribution in [2.45, 2.75) is 70.8 Å². The van der Waals surface area contributed by atoms with E-state index in [0.29, 0.717) is 0 Å². The molecule has 1 aliphatic carbocycles. The SMILES string of the molecule is CC1=[N+]2Nc3ccc(Cl)cc3[C@]3(C)CCCC(C)(C)[C@]23CC1. The van der Waals surface area contributed by atoms with E-state index in [4.69, 9.17) is 11.6 Å². The smallest absolute Gasteiger partial charge is 0.165 e. The van der Waals surface area contributed by atoms with Crippen LogP contribution in [0.25, 0.3) is 0 Å². The van der Waals surface area contributed by atoms with Gasteiger partial charge in [-0.2, -0.15) is 5.43 Å². The van der Waals surface area contributed by atoms with Crippen LogP contribution in [0.1, 0.15) is 65.4 Å². The Balaban J connectivity index is 2.06. The molecule has 1 spiro atoms. The average Bonchev–Trinajstić information content (AvgIpc) is 2.79. The zero-order valence-corrected chi connectivity index (χ0v) is 14.8. The molecule has 0 aromatic heterocycles. The van der Waals surface area contributed by atoms with Crippen LogP contribution in [0, 0.1) is 5.41 Å². The van der Waals surface area contributed by atoms with E-state index in [1.165, 1.54) is 49.1 Å². The van der Waals surface area contributed by atoms with Gasteiger partial charge in [-0.05, 0) is 43.5 Å². The Morgan fingerprint density at radius 2 is 1.91 bits per heavy atom. The highest BCUT2D eigenvalue weighted by molar-refractivity contribution is 6.30. The molecule has 1 N–H and O–H groups in total. The Bertz CT molecular complexity index is 691. The third-order valence-electron chi connectivity index (χ3n) is 6.93. The third kappa shape index (κ3) is 1.50. The molecular weight excluding hydrogens is 292 g/mol. The molecule has 118 valence electrons. The van der Waals surface area contributed by atoms with E-state index in [0.717, 1.165) is 5.02 Å². The summed E-state index contributed by atoms with van der Waals surface area (Å²) in [6, 6.07) is 6.36. The molecular formula is C19H26ClN2+. The topological polar surface area (TPSA) is 15.0 Å². The molecule has 1 saturated carbocycles. The van der Waals surface area contributed by atoms with E-state index in [2.05, 4.69) is 49.9 Å². The van der Waals surface area contributed by atoms with Gasteiger partial charge in [0.25, 0.3) is 0 Å². The first-order valence-corrected chi connectivity index (χ1v) is 8.89. The van der Waals surface area contributed by atoms with Crippen molar-refractivity contribution in [3.05, 3.63) is 28.8 Å². The van der Waals surface area contributed by atoms with E-state index in [1.54, 1.807) is 0 Å². The number of halogens is 1. The molecule has 0 amide bonds. The minimum absolute atomic E-state index is 0.151. The van der Waals surface area contributed by atoms with Crippen molar-refractivity contribution >= 4 is 23.0 Å². The monoisotopic (exact) mass is 317 g/mol. The molecule has 4 rings (SSSR count). The van der Waals surface area contributed by atoms with Crippen molar-refractivity contribution in [2.24, 2.45) is 5.41 Å². The first-order valence-electron chi connectivity index (χ1n) is 8.51. The minimum atomic E-state index is 0.151. The van der Waals surface area contributed by atoms with Gasteiger partial charge in [0.15, 0.2) is 5.71 Å². The Hall–Kier alpha value is -1.02. The van der Waals surface area contributed by atoms with Crippen molar-refractivity contribution in [1.82, 2.24) is 0 Å².